The highest BCUT2D eigenvalue weighted by Crippen LogP contribution is 2.36. The molecule has 1 saturated heterocycles. The van der Waals surface area contributed by atoms with Gasteiger partial charge in [0.15, 0.2) is 0 Å². The van der Waals surface area contributed by atoms with Crippen molar-refractivity contribution in [3.05, 3.63) is 75.7 Å². The van der Waals surface area contributed by atoms with Gasteiger partial charge in [0.05, 0.1) is 0 Å². The van der Waals surface area contributed by atoms with E-state index in [-0.39, 0.29) is 11.4 Å². The number of benzene rings is 1. The van der Waals surface area contributed by atoms with Gasteiger partial charge in [-0.25, -0.2) is 9.07 Å². The highest BCUT2D eigenvalue weighted by molar-refractivity contribution is 5.34. The van der Waals surface area contributed by atoms with Crippen LogP contribution in [0.5, 0.6) is 0 Å². The van der Waals surface area contributed by atoms with Crippen LogP contribution in [-0.2, 0) is 26.7 Å². The lowest BCUT2D eigenvalue weighted by molar-refractivity contribution is 0.274. The SMILES string of the molecule is CN(Cc1cccc(F)c1)Cc1ccc2n(c1=O)C[C@H]1C[C@@H]2CN(c2ncnn2C)C1. The molecule has 5 rings (SSSR count). The van der Waals surface area contributed by atoms with Crippen LogP contribution in [-0.4, -0.2) is 44.4 Å². The fourth-order valence-corrected chi connectivity index (χ4v) is 5.14. The fraction of sp³-hybridized carbons (Fsp3) is 0.435. The Morgan fingerprint density at radius 1 is 1.16 bits per heavy atom. The monoisotopic (exact) mass is 422 g/mol. The third-order valence-corrected chi connectivity index (χ3v) is 6.44. The number of hydrogen-bond donors (Lipinski definition) is 0. The number of fused-ring (bicyclic) bond motifs is 4. The van der Waals surface area contributed by atoms with Gasteiger partial charge in [-0.2, -0.15) is 10.1 Å². The molecule has 31 heavy (non-hydrogen) atoms. The molecule has 8 heteroatoms. The molecule has 2 aromatic heterocycles. The van der Waals surface area contributed by atoms with Gasteiger partial charge in [-0.15, -0.1) is 0 Å². The van der Waals surface area contributed by atoms with Crippen molar-refractivity contribution in [1.29, 1.82) is 0 Å². The first-order chi connectivity index (χ1) is 15.0. The molecule has 0 saturated carbocycles. The van der Waals surface area contributed by atoms with E-state index in [9.17, 15) is 9.18 Å². The van der Waals surface area contributed by atoms with E-state index >= 15 is 0 Å². The average Bonchev–Trinajstić information content (AvgIpc) is 3.16. The molecular formula is C23H27FN6O. The number of nitrogens with zero attached hydrogens (tertiary/aromatic N) is 6. The van der Waals surface area contributed by atoms with Crippen molar-refractivity contribution in [3.8, 4) is 0 Å². The maximum atomic E-state index is 13.5. The van der Waals surface area contributed by atoms with E-state index in [0.717, 1.165) is 48.8 Å². The quantitative estimate of drug-likeness (QED) is 0.632. The molecule has 2 atom stereocenters. The molecule has 1 aromatic carbocycles. The summed E-state index contributed by atoms with van der Waals surface area (Å²) in [6, 6.07) is 10.7. The van der Waals surface area contributed by atoms with Gasteiger partial charge in [-0.1, -0.05) is 18.2 Å². The highest BCUT2D eigenvalue weighted by atomic mass is 19.1. The van der Waals surface area contributed by atoms with Gasteiger partial charge in [0.1, 0.15) is 12.1 Å². The van der Waals surface area contributed by atoms with E-state index in [0.29, 0.717) is 24.9 Å². The molecule has 0 spiro atoms. The van der Waals surface area contributed by atoms with Crippen molar-refractivity contribution >= 4 is 5.95 Å². The van der Waals surface area contributed by atoms with E-state index in [4.69, 9.17) is 0 Å². The Labute approximate surface area is 180 Å². The van der Waals surface area contributed by atoms with Crippen molar-refractivity contribution < 1.29 is 4.39 Å². The van der Waals surface area contributed by atoms with Gasteiger partial charge in [0.2, 0.25) is 5.95 Å². The maximum Gasteiger partial charge on any atom is 0.255 e. The lowest BCUT2D eigenvalue weighted by Gasteiger charge is -2.43. The molecule has 3 aromatic rings. The van der Waals surface area contributed by atoms with Gasteiger partial charge in [0.25, 0.3) is 5.56 Å². The predicted octanol–water partition coefficient (Wildman–Crippen LogP) is 2.37. The van der Waals surface area contributed by atoms with Crippen LogP contribution in [0.4, 0.5) is 10.3 Å². The molecule has 0 N–H and O–H groups in total. The summed E-state index contributed by atoms with van der Waals surface area (Å²) in [6.07, 6.45) is 2.69. The Hall–Kier alpha value is -3.00. The van der Waals surface area contributed by atoms with Crippen LogP contribution < -0.4 is 10.5 Å². The summed E-state index contributed by atoms with van der Waals surface area (Å²) in [5.74, 6) is 1.39. The second kappa shape index (κ2) is 7.92. The minimum Gasteiger partial charge on any atom is -0.340 e. The molecule has 2 bridgehead atoms. The van der Waals surface area contributed by atoms with Crippen LogP contribution in [0.15, 0.2) is 47.5 Å². The van der Waals surface area contributed by atoms with E-state index < -0.39 is 0 Å². The molecular weight excluding hydrogens is 395 g/mol. The first-order valence-electron chi connectivity index (χ1n) is 10.7. The molecule has 0 radical (unpaired) electrons. The molecule has 0 amide bonds. The van der Waals surface area contributed by atoms with Crippen molar-refractivity contribution in [1.82, 2.24) is 24.2 Å². The Balaban J connectivity index is 1.35. The smallest absolute Gasteiger partial charge is 0.255 e. The Bertz CT molecular complexity index is 1150. The molecule has 7 nitrogen and oxygen atoms in total. The largest absolute Gasteiger partial charge is 0.340 e. The summed E-state index contributed by atoms with van der Waals surface area (Å²) >= 11 is 0. The van der Waals surface area contributed by atoms with E-state index in [1.54, 1.807) is 18.5 Å². The molecule has 162 valence electrons. The summed E-state index contributed by atoms with van der Waals surface area (Å²) < 4.78 is 17.3. The fourth-order valence-electron chi connectivity index (χ4n) is 5.14. The van der Waals surface area contributed by atoms with E-state index in [1.165, 1.54) is 6.07 Å². The number of hydrogen-bond acceptors (Lipinski definition) is 5. The molecule has 4 heterocycles. The standard InChI is InChI=1S/C23H27FN6O/c1-27(10-16-4-3-5-20(24)9-16)13-18-6-7-21-19-8-17(12-30(21)22(18)31)11-29(14-19)23-25-15-26-28(23)2/h3-7,9,15,17,19H,8,10-14H2,1-2H3/t17-,19+/m0/s1. The van der Waals surface area contributed by atoms with Crippen molar-refractivity contribution in [2.75, 3.05) is 25.0 Å². The second-order valence-electron chi connectivity index (χ2n) is 8.89. The number of pyridine rings is 1. The van der Waals surface area contributed by atoms with Gasteiger partial charge >= 0.3 is 0 Å². The zero-order valence-electron chi connectivity index (χ0n) is 17.9. The molecule has 0 unspecified atom stereocenters. The van der Waals surface area contributed by atoms with E-state index in [2.05, 4.69) is 25.9 Å². The summed E-state index contributed by atoms with van der Waals surface area (Å²) in [4.78, 5) is 22.0. The van der Waals surface area contributed by atoms with Gasteiger partial charge in [0, 0.05) is 56.9 Å². The minimum absolute atomic E-state index is 0.102. The van der Waals surface area contributed by atoms with Gasteiger partial charge < -0.3 is 9.47 Å². The first kappa shape index (κ1) is 19.9. The van der Waals surface area contributed by atoms with Crippen LogP contribution in [0.2, 0.25) is 0 Å². The lowest BCUT2D eigenvalue weighted by atomic mass is 9.83. The zero-order valence-corrected chi connectivity index (χ0v) is 17.9. The predicted molar refractivity (Wildman–Crippen MR) is 116 cm³/mol. The van der Waals surface area contributed by atoms with Gasteiger partial charge in [-0.05, 0) is 43.1 Å². The van der Waals surface area contributed by atoms with Crippen molar-refractivity contribution in [3.63, 3.8) is 0 Å². The number of halogens is 1. The van der Waals surface area contributed by atoms with Crippen LogP contribution in [0, 0.1) is 11.7 Å². The van der Waals surface area contributed by atoms with Crippen LogP contribution in [0.1, 0.15) is 29.2 Å². The summed E-state index contributed by atoms with van der Waals surface area (Å²) in [5, 5.41) is 4.20. The first-order valence-corrected chi connectivity index (χ1v) is 10.7. The van der Waals surface area contributed by atoms with Crippen LogP contribution >= 0.6 is 0 Å². The topological polar surface area (TPSA) is 59.2 Å². The molecule has 1 fully saturated rings. The van der Waals surface area contributed by atoms with Crippen molar-refractivity contribution in [2.45, 2.75) is 32.0 Å². The summed E-state index contributed by atoms with van der Waals surface area (Å²) in [5.41, 5.74) is 2.90. The number of aromatic nitrogens is 4. The number of anilines is 1. The van der Waals surface area contributed by atoms with Gasteiger partial charge in [-0.3, -0.25) is 9.69 Å². The molecule has 0 aliphatic carbocycles. The number of rotatable bonds is 5. The normalized spacial score (nSPS) is 20.2. The second-order valence-corrected chi connectivity index (χ2v) is 8.89. The Morgan fingerprint density at radius 2 is 2.03 bits per heavy atom. The third kappa shape index (κ3) is 3.87. The Kier molecular flexibility index (Phi) is 5.09. The molecule has 2 aliphatic heterocycles. The lowest BCUT2D eigenvalue weighted by Crippen LogP contribution is -2.48. The van der Waals surface area contributed by atoms with Crippen LogP contribution in [0.25, 0.3) is 0 Å². The minimum atomic E-state index is -0.235. The maximum absolute atomic E-state index is 13.5. The zero-order chi connectivity index (χ0) is 21.5. The average molecular weight is 423 g/mol. The van der Waals surface area contributed by atoms with E-state index in [1.807, 2.05) is 35.5 Å². The highest BCUT2D eigenvalue weighted by Gasteiger charge is 2.36. The third-order valence-electron chi connectivity index (χ3n) is 6.44. The summed E-state index contributed by atoms with van der Waals surface area (Å²) in [6.45, 7) is 3.60. The number of piperidine rings is 1. The molecule has 2 aliphatic rings. The van der Waals surface area contributed by atoms with Crippen molar-refractivity contribution in [2.24, 2.45) is 13.0 Å². The number of aryl methyl sites for hydroxylation is 1. The van der Waals surface area contributed by atoms with Crippen LogP contribution in [0.3, 0.4) is 0 Å². The summed E-state index contributed by atoms with van der Waals surface area (Å²) in [7, 11) is 3.87. The Morgan fingerprint density at radius 3 is 2.81 bits per heavy atom.